The molecule has 3 aromatic rings. The normalized spacial score (nSPS) is 13.3. The highest BCUT2D eigenvalue weighted by molar-refractivity contribution is 6.32. The maximum atomic E-state index is 6.32. The van der Waals surface area contributed by atoms with E-state index < -0.39 is 0 Å². The fraction of sp³-hybridized carbons (Fsp3) is 0.273. The van der Waals surface area contributed by atoms with E-state index in [1.165, 1.54) is 5.56 Å². The first-order valence-corrected chi connectivity index (χ1v) is 9.59. The topological polar surface area (TPSA) is 56.3 Å². The first kappa shape index (κ1) is 18.6. The van der Waals surface area contributed by atoms with Crippen LogP contribution in [0.15, 0.2) is 48.5 Å². The summed E-state index contributed by atoms with van der Waals surface area (Å²) in [5, 5.41) is 11.9. The molecule has 0 saturated heterocycles. The number of anilines is 2. The number of rotatable bonds is 3. The fourth-order valence-corrected chi connectivity index (χ4v) is 3.26. The minimum absolute atomic E-state index is 0.101. The molecule has 0 atom stereocenters. The van der Waals surface area contributed by atoms with Gasteiger partial charge in [-0.3, -0.25) is 0 Å². The Balaban J connectivity index is 1.60. The Morgan fingerprint density at radius 2 is 1.61 bits per heavy atom. The van der Waals surface area contributed by atoms with Crippen molar-refractivity contribution in [2.24, 2.45) is 0 Å². The van der Waals surface area contributed by atoms with Gasteiger partial charge in [-0.2, -0.15) is 0 Å². The zero-order chi connectivity index (χ0) is 19.7. The standard InChI is InChI=1S/C22H22ClN3O2/c1-22(2,3)15-6-4-14(5-7-15)17-13-20(25-26-21(17)23)24-16-8-9-18-19(12-16)28-11-10-27-18/h4-9,12-13H,10-11H2,1-3H3,(H,24,25). The highest BCUT2D eigenvalue weighted by Gasteiger charge is 2.15. The Hall–Kier alpha value is -2.79. The van der Waals surface area contributed by atoms with E-state index in [0.717, 1.165) is 28.3 Å². The zero-order valence-corrected chi connectivity index (χ0v) is 16.9. The van der Waals surface area contributed by atoms with Crippen molar-refractivity contribution >= 4 is 23.1 Å². The van der Waals surface area contributed by atoms with Gasteiger partial charge in [-0.15, -0.1) is 10.2 Å². The summed E-state index contributed by atoms with van der Waals surface area (Å²) in [6.45, 7) is 7.70. The lowest BCUT2D eigenvalue weighted by Gasteiger charge is -2.19. The van der Waals surface area contributed by atoms with E-state index in [4.69, 9.17) is 21.1 Å². The van der Waals surface area contributed by atoms with Gasteiger partial charge in [0.2, 0.25) is 0 Å². The molecule has 1 N–H and O–H groups in total. The summed E-state index contributed by atoms with van der Waals surface area (Å²) >= 11 is 6.32. The molecule has 0 saturated carbocycles. The molecule has 0 unspecified atom stereocenters. The molecule has 2 heterocycles. The molecular formula is C22H22ClN3O2. The van der Waals surface area contributed by atoms with Crippen LogP contribution in [0.2, 0.25) is 5.15 Å². The molecule has 0 amide bonds. The maximum absolute atomic E-state index is 6.32. The third kappa shape index (κ3) is 3.90. The van der Waals surface area contributed by atoms with E-state index in [0.29, 0.717) is 24.2 Å². The Morgan fingerprint density at radius 3 is 2.32 bits per heavy atom. The summed E-state index contributed by atoms with van der Waals surface area (Å²) < 4.78 is 11.2. The summed E-state index contributed by atoms with van der Waals surface area (Å²) in [4.78, 5) is 0. The summed E-state index contributed by atoms with van der Waals surface area (Å²) in [5.74, 6) is 2.07. The Bertz CT molecular complexity index is 998. The van der Waals surface area contributed by atoms with E-state index >= 15 is 0 Å². The van der Waals surface area contributed by atoms with Gasteiger partial charge >= 0.3 is 0 Å². The molecule has 1 aliphatic heterocycles. The van der Waals surface area contributed by atoms with Crippen LogP contribution in [-0.2, 0) is 5.41 Å². The molecule has 144 valence electrons. The van der Waals surface area contributed by atoms with Crippen LogP contribution >= 0.6 is 11.6 Å². The van der Waals surface area contributed by atoms with Gasteiger partial charge in [0.25, 0.3) is 0 Å². The van der Waals surface area contributed by atoms with Crippen molar-refractivity contribution in [2.75, 3.05) is 18.5 Å². The van der Waals surface area contributed by atoms with Crippen LogP contribution in [0.5, 0.6) is 11.5 Å². The average molecular weight is 396 g/mol. The van der Waals surface area contributed by atoms with Crippen molar-refractivity contribution in [1.82, 2.24) is 10.2 Å². The van der Waals surface area contributed by atoms with Gasteiger partial charge in [0, 0.05) is 17.3 Å². The number of hydrogen-bond acceptors (Lipinski definition) is 5. The lowest BCUT2D eigenvalue weighted by Crippen LogP contribution is -2.15. The van der Waals surface area contributed by atoms with Crippen molar-refractivity contribution in [2.45, 2.75) is 26.2 Å². The van der Waals surface area contributed by atoms with Gasteiger partial charge < -0.3 is 14.8 Å². The Kier molecular flexibility index (Phi) is 4.85. The quantitative estimate of drug-likeness (QED) is 0.624. The minimum Gasteiger partial charge on any atom is -0.486 e. The molecule has 5 nitrogen and oxygen atoms in total. The molecular weight excluding hydrogens is 374 g/mol. The lowest BCUT2D eigenvalue weighted by molar-refractivity contribution is 0.171. The molecule has 1 aromatic heterocycles. The molecule has 0 bridgehead atoms. The van der Waals surface area contributed by atoms with Gasteiger partial charge in [-0.25, -0.2) is 0 Å². The van der Waals surface area contributed by atoms with Crippen LogP contribution < -0.4 is 14.8 Å². The molecule has 28 heavy (non-hydrogen) atoms. The SMILES string of the molecule is CC(C)(C)c1ccc(-c2cc(Nc3ccc4c(c3)OCCO4)nnc2Cl)cc1. The van der Waals surface area contributed by atoms with Crippen molar-refractivity contribution in [3.8, 4) is 22.6 Å². The lowest BCUT2D eigenvalue weighted by atomic mass is 9.86. The molecule has 4 rings (SSSR count). The third-order valence-corrected chi connectivity index (χ3v) is 4.90. The van der Waals surface area contributed by atoms with Crippen molar-refractivity contribution in [3.05, 3.63) is 59.2 Å². The number of hydrogen-bond donors (Lipinski definition) is 1. The van der Waals surface area contributed by atoms with Crippen LogP contribution in [0.1, 0.15) is 26.3 Å². The second-order valence-electron chi connectivity index (χ2n) is 7.74. The van der Waals surface area contributed by atoms with Gasteiger partial charge in [-0.1, -0.05) is 56.6 Å². The van der Waals surface area contributed by atoms with Crippen molar-refractivity contribution in [1.29, 1.82) is 0 Å². The molecule has 0 aliphatic carbocycles. The summed E-state index contributed by atoms with van der Waals surface area (Å²) in [6, 6.07) is 16.0. The monoisotopic (exact) mass is 395 g/mol. The maximum Gasteiger partial charge on any atom is 0.163 e. The first-order valence-electron chi connectivity index (χ1n) is 9.21. The molecule has 0 fully saturated rings. The van der Waals surface area contributed by atoms with E-state index in [1.54, 1.807) is 0 Å². The van der Waals surface area contributed by atoms with Gasteiger partial charge in [0.15, 0.2) is 22.5 Å². The van der Waals surface area contributed by atoms with Gasteiger partial charge in [0.05, 0.1) is 0 Å². The van der Waals surface area contributed by atoms with E-state index in [-0.39, 0.29) is 5.41 Å². The smallest absolute Gasteiger partial charge is 0.163 e. The van der Waals surface area contributed by atoms with E-state index in [9.17, 15) is 0 Å². The predicted molar refractivity (Wildman–Crippen MR) is 112 cm³/mol. The number of nitrogens with one attached hydrogen (secondary N) is 1. The highest BCUT2D eigenvalue weighted by atomic mass is 35.5. The van der Waals surface area contributed by atoms with Crippen molar-refractivity contribution < 1.29 is 9.47 Å². The molecule has 0 spiro atoms. The average Bonchev–Trinajstić information content (AvgIpc) is 2.69. The van der Waals surface area contributed by atoms with E-state index in [2.05, 4.69) is 60.6 Å². The second kappa shape index (κ2) is 7.32. The number of ether oxygens (including phenoxy) is 2. The number of benzene rings is 2. The third-order valence-electron chi connectivity index (χ3n) is 4.63. The minimum atomic E-state index is 0.101. The fourth-order valence-electron chi connectivity index (χ4n) is 3.06. The predicted octanol–water partition coefficient (Wildman–Crippen LogP) is 5.61. The largest absolute Gasteiger partial charge is 0.486 e. The van der Waals surface area contributed by atoms with Gasteiger partial charge in [-0.05, 0) is 34.7 Å². The highest BCUT2D eigenvalue weighted by Crippen LogP contribution is 2.35. The second-order valence-corrected chi connectivity index (χ2v) is 8.10. The summed E-state index contributed by atoms with van der Waals surface area (Å²) in [7, 11) is 0. The molecule has 1 aliphatic rings. The molecule has 6 heteroatoms. The molecule has 0 radical (unpaired) electrons. The Labute approximate surface area is 169 Å². The first-order chi connectivity index (χ1) is 13.4. The van der Waals surface area contributed by atoms with Crippen molar-refractivity contribution in [3.63, 3.8) is 0 Å². The number of aromatic nitrogens is 2. The van der Waals surface area contributed by atoms with Crippen LogP contribution in [0, 0.1) is 0 Å². The van der Waals surface area contributed by atoms with Crippen LogP contribution in [0.4, 0.5) is 11.5 Å². The van der Waals surface area contributed by atoms with E-state index in [1.807, 2.05) is 24.3 Å². The Morgan fingerprint density at radius 1 is 0.893 bits per heavy atom. The van der Waals surface area contributed by atoms with Crippen LogP contribution in [-0.4, -0.2) is 23.4 Å². The number of nitrogens with zero attached hydrogens (tertiary/aromatic N) is 2. The van der Waals surface area contributed by atoms with Gasteiger partial charge in [0.1, 0.15) is 13.2 Å². The summed E-state index contributed by atoms with van der Waals surface area (Å²) in [5.41, 5.74) is 4.04. The number of fused-ring (bicyclic) bond motifs is 1. The van der Waals surface area contributed by atoms with Crippen LogP contribution in [0.3, 0.4) is 0 Å². The zero-order valence-electron chi connectivity index (χ0n) is 16.1. The summed E-state index contributed by atoms with van der Waals surface area (Å²) in [6.07, 6.45) is 0. The number of halogens is 1. The molecule has 2 aromatic carbocycles. The van der Waals surface area contributed by atoms with Crippen LogP contribution in [0.25, 0.3) is 11.1 Å².